The summed E-state index contributed by atoms with van der Waals surface area (Å²) >= 11 is 6.08. The number of hydrogen-bond donors (Lipinski definition) is 2. The molecule has 0 saturated carbocycles. The number of carbonyl (C=O) groups is 1. The van der Waals surface area contributed by atoms with Crippen LogP contribution >= 0.6 is 11.6 Å². The van der Waals surface area contributed by atoms with Crippen LogP contribution < -0.4 is 10.2 Å². The summed E-state index contributed by atoms with van der Waals surface area (Å²) in [4.78, 5) is 14.0. The van der Waals surface area contributed by atoms with Gasteiger partial charge in [-0.1, -0.05) is 11.6 Å². The Hall–Kier alpha value is -1.15. The molecule has 0 unspecified atom stereocenters. The molecule has 8 heteroatoms. The van der Waals surface area contributed by atoms with Crippen molar-refractivity contribution < 1.29 is 18.1 Å². The fourth-order valence-electron chi connectivity index (χ4n) is 2.99. The Morgan fingerprint density at radius 3 is 2.56 bits per heavy atom. The van der Waals surface area contributed by atoms with Crippen LogP contribution in [-0.2, 0) is 10.0 Å². The lowest BCUT2D eigenvalue weighted by atomic mass is 10.1. The van der Waals surface area contributed by atoms with Gasteiger partial charge < -0.3 is 10.2 Å². The molecule has 2 N–H and O–H groups in total. The minimum absolute atomic E-state index is 0.0600. The zero-order valence-electron chi connectivity index (χ0n) is 14.8. The standard InChI is InChI=1S/C17H26ClN3O3S/c1-20(2)25(23,24)14-7-8-16(18)15(13-14)17(22)19-9-6-12-21-10-4-3-5-11-21/h7-8,13H,3-6,9-12H2,1-2H3,(H,19,22)/p+1. The number of nitrogens with zero attached hydrogens (tertiary/aromatic N) is 1. The monoisotopic (exact) mass is 388 g/mol. The molecule has 1 aliphatic heterocycles. The molecular formula is C17H27ClN3O3S+. The van der Waals surface area contributed by atoms with Crippen LogP contribution in [0.5, 0.6) is 0 Å². The summed E-state index contributed by atoms with van der Waals surface area (Å²) in [6, 6.07) is 4.20. The Balaban J connectivity index is 1.94. The highest BCUT2D eigenvalue weighted by Crippen LogP contribution is 2.22. The highest BCUT2D eigenvalue weighted by atomic mass is 35.5. The van der Waals surface area contributed by atoms with Crippen LogP contribution in [0.3, 0.4) is 0 Å². The number of piperidine rings is 1. The molecule has 0 bridgehead atoms. The largest absolute Gasteiger partial charge is 0.352 e. The van der Waals surface area contributed by atoms with Gasteiger partial charge in [-0.15, -0.1) is 0 Å². The summed E-state index contributed by atoms with van der Waals surface area (Å²) in [5, 5.41) is 3.09. The van der Waals surface area contributed by atoms with Gasteiger partial charge in [-0.05, 0) is 37.5 Å². The summed E-state index contributed by atoms with van der Waals surface area (Å²) < 4.78 is 25.5. The van der Waals surface area contributed by atoms with Gasteiger partial charge in [0.25, 0.3) is 5.91 Å². The zero-order valence-corrected chi connectivity index (χ0v) is 16.4. The molecule has 25 heavy (non-hydrogen) atoms. The lowest BCUT2D eigenvalue weighted by Gasteiger charge is -2.23. The van der Waals surface area contributed by atoms with Crippen LogP contribution in [-0.4, -0.2) is 58.9 Å². The van der Waals surface area contributed by atoms with E-state index in [2.05, 4.69) is 5.32 Å². The number of rotatable bonds is 7. The van der Waals surface area contributed by atoms with E-state index in [0.717, 1.165) is 17.3 Å². The second-order valence-electron chi connectivity index (χ2n) is 6.60. The molecular weight excluding hydrogens is 362 g/mol. The van der Waals surface area contributed by atoms with Gasteiger partial charge in [0, 0.05) is 27.1 Å². The number of quaternary nitrogens is 1. The Labute approximate surface area is 155 Å². The lowest BCUT2D eigenvalue weighted by Crippen LogP contribution is -3.12. The van der Waals surface area contributed by atoms with Crippen molar-refractivity contribution in [1.29, 1.82) is 0 Å². The maximum atomic E-state index is 12.4. The molecule has 1 aromatic carbocycles. The smallest absolute Gasteiger partial charge is 0.252 e. The molecule has 0 radical (unpaired) electrons. The van der Waals surface area contributed by atoms with Gasteiger partial charge in [0.05, 0.1) is 35.1 Å². The van der Waals surface area contributed by atoms with Crippen molar-refractivity contribution in [3.63, 3.8) is 0 Å². The molecule has 1 saturated heterocycles. The first kappa shape index (κ1) is 20.2. The van der Waals surface area contributed by atoms with Gasteiger partial charge >= 0.3 is 0 Å². The second-order valence-corrected chi connectivity index (χ2v) is 9.16. The van der Waals surface area contributed by atoms with Crippen molar-refractivity contribution >= 4 is 27.5 Å². The molecule has 0 atom stereocenters. The molecule has 1 heterocycles. The molecule has 1 amide bonds. The molecule has 2 rings (SSSR count). The van der Waals surface area contributed by atoms with E-state index in [9.17, 15) is 13.2 Å². The van der Waals surface area contributed by atoms with Crippen LogP contribution in [0.4, 0.5) is 0 Å². The molecule has 1 aromatic rings. The lowest BCUT2D eigenvalue weighted by molar-refractivity contribution is -0.904. The summed E-state index contributed by atoms with van der Waals surface area (Å²) in [5.41, 5.74) is 0.190. The summed E-state index contributed by atoms with van der Waals surface area (Å²) in [5.74, 6) is -0.338. The number of likely N-dealkylation sites (tertiary alicyclic amines) is 1. The van der Waals surface area contributed by atoms with Crippen LogP contribution in [0.15, 0.2) is 23.1 Å². The predicted octanol–water partition coefficient (Wildman–Crippen LogP) is 0.779. The predicted molar refractivity (Wildman–Crippen MR) is 98.7 cm³/mol. The van der Waals surface area contributed by atoms with Crippen molar-refractivity contribution in [2.75, 3.05) is 40.3 Å². The molecule has 6 nitrogen and oxygen atoms in total. The second kappa shape index (κ2) is 8.98. The fourth-order valence-corrected chi connectivity index (χ4v) is 4.12. The summed E-state index contributed by atoms with van der Waals surface area (Å²) in [6.07, 6.45) is 4.79. The van der Waals surface area contributed by atoms with Crippen molar-refractivity contribution in [3.8, 4) is 0 Å². The normalized spacial score (nSPS) is 16.2. The van der Waals surface area contributed by atoms with Crippen molar-refractivity contribution in [2.24, 2.45) is 0 Å². The molecule has 1 aliphatic rings. The molecule has 140 valence electrons. The van der Waals surface area contributed by atoms with Crippen molar-refractivity contribution in [2.45, 2.75) is 30.6 Å². The quantitative estimate of drug-likeness (QED) is 0.678. The van der Waals surface area contributed by atoms with Crippen LogP contribution in [0.2, 0.25) is 5.02 Å². The van der Waals surface area contributed by atoms with E-state index in [1.165, 1.54) is 64.6 Å². The van der Waals surface area contributed by atoms with Crippen molar-refractivity contribution in [1.82, 2.24) is 9.62 Å². The van der Waals surface area contributed by atoms with E-state index in [1.54, 1.807) is 4.90 Å². The summed E-state index contributed by atoms with van der Waals surface area (Å²) in [6.45, 7) is 4.03. The minimum Gasteiger partial charge on any atom is -0.352 e. The van der Waals surface area contributed by atoms with Crippen LogP contribution in [0.1, 0.15) is 36.0 Å². The van der Waals surface area contributed by atoms with Gasteiger partial charge in [-0.2, -0.15) is 0 Å². The number of benzene rings is 1. The zero-order chi connectivity index (χ0) is 18.4. The molecule has 0 spiro atoms. The average molecular weight is 389 g/mol. The van der Waals surface area contributed by atoms with Crippen molar-refractivity contribution in [3.05, 3.63) is 28.8 Å². The highest BCUT2D eigenvalue weighted by Gasteiger charge is 2.21. The number of hydrogen-bond acceptors (Lipinski definition) is 3. The number of halogens is 1. The fraction of sp³-hybridized carbons (Fsp3) is 0.588. The number of sulfonamides is 1. The maximum absolute atomic E-state index is 12.4. The topological polar surface area (TPSA) is 70.9 Å². The van der Waals surface area contributed by atoms with E-state index in [4.69, 9.17) is 11.6 Å². The summed E-state index contributed by atoms with van der Waals surface area (Å²) in [7, 11) is -0.696. The average Bonchev–Trinajstić information content (AvgIpc) is 2.59. The highest BCUT2D eigenvalue weighted by molar-refractivity contribution is 7.89. The van der Waals surface area contributed by atoms with E-state index in [0.29, 0.717) is 6.54 Å². The Kier molecular flexibility index (Phi) is 7.25. The first-order chi connectivity index (χ1) is 11.8. The number of nitrogens with one attached hydrogen (secondary N) is 2. The third kappa shape index (κ3) is 5.41. The van der Waals surface area contributed by atoms with Gasteiger partial charge in [0.2, 0.25) is 10.0 Å². The van der Waals surface area contributed by atoms with Crippen LogP contribution in [0, 0.1) is 0 Å². The van der Waals surface area contributed by atoms with E-state index < -0.39 is 10.0 Å². The molecule has 0 aromatic heterocycles. The number of carbonyl (C=O) groups excluding carboxylic acids is 1. The Bertz CT molecular complexity index is 701. The minimum atomic E-state index is -3.60. The van der Waals surface area contributed by atoms with Crippen LogP contribution in [0.25, 0.3) is 0 Å². The molecule has 0 aliphatic carbocycles. The van der Waals surface area contributed by atoms with E-state index in [1.807, 2.05) is 0 Å². The van der Waals surface area contributed by atoms with E-state index in [-0.39, 0.29) is 21.4 Å². The first-order valence-corrected chi connectivity index (χ1v) is 10.5. The molecule has 1 fully saturated rings. The first-order valence-electron chi connectivity index (χ1n) is 8.66. The van der Waals surface area contributed by atoms with Gasteiger partial charge in [-0.25, -0.2) is 12.7 Å². The Morgan fingerprint density at radius 1 is 1.24 bits per heavy atom. The van der Waals surface area contributed by atoms with Gasteiger partial charge in [-0.3, -0.25) is 4.79 Å². The SMILES string of the molecule is CN(C)S(=O)(=O)c1ccc(Cl)c(C(=O)NCCC[NH+]2CCCCC2)c1. The third-order valence-electron chi connectivity index (χ3n) is 4.51. The van der Waals surface area contributed by atoms with Gasteiger partial charge in [0.15, 0.2) is 0 Å². The number of amides is 1. The Morgan fingerprint density at radius 2 is 1.92 bits per heavy atom. The van der Waals surface area contributed by atoms with Gasteiger partial charge in [0.1, 0.15) is 0 Å². The van der Waals surface area contributed by atoms with E-state index >= 15 is 0 Å². The maximum Gasteiger partial charge on any atom is 0.252 e. The third-order valence-corrected chi connectivity index (χ3v) is 6.66.